The Morgan fingerprint density at radius 1 is 1.15 bits per heavy atom. The topological polar surface area (TPSA) is 88.6 Å². The van der Waals surface area contributed by atoms with Crippen LogP contribution < -0.4 is 5.73 Å². The van der Waals surface area contributed by atoms with E-state index in [0.29, 0.717) is 25.3 Å². The number of hydrogen-bond donors (Lipinski definition) is 1. The van der Waals surface area contributed by atoms with E-state index in [2.05, 4.69) is 0 Å². The number of carbonyl (C=O) groups excluding carboxylic acids is 1. The number of hydrogen-bond acceptors (Lipinski definition) is 4. The van der Waals surface area contributed by atoms with Gasteiger partial charge in [-0.2, -0.15) is 4.31 Å². The van der Waals surface area contributed by atoms with Crippen molar-refractivity contribution >= 4 is 15.9 Å². The number of sulfonamides is 1. The second-order valence-corrected chi connectivity index (χ2v) is 9.50. The number of piperidine rings is 2. The highest BCUT2D eigenvalue weighted by atomic mass is 32.2. The Kier molecular flexibility index (Phi) is 5.74. The van der Waals surface area contributed by atoms with Crippen molar-refractivity contribution in [2.75, 3.05) is 19.6 Å². The highest BCUT2D eigenvalue weighted by molar-refractivity contribution is 7.89. The highest BCUT2D eigenvalue weighted by Gasteiger charge is 2.33. The first-order valence-electron chi connectivity index (χ1n) is 9.55. The van der Waals surface area contributed by atoms with Crippen LogP contribution in [0.1, 0.15) is 55.9 Å². The van der Waals surface area contributed by atoms with E-state index in [-0.39, 0.29) is 22.9 Å². The molecule has 0 radical (unpaired) electrons. The summed E-state index contributed by atoms with van der Waals surface area (Å²) < 4.78 is 28.9. The van der Waals surface area contributed by atoms with Gasteiger partial charge >= 0.3 is 0 Å². The predicted molar refractivity (Wildman–Crippen MR) is 100 cm³/mol. The van der Waals surface area contributed by atoms with Crippen molar-refractivity contribution in [3.63, 3.8) is 0 Å². The monoisotopic (exact) mass is 382 g/mol. The first-order valence-corrected chi connectivity index (χ1v) is 11.0. The van der Waals surface area contributed by atoms with Crippen molar-refractivity contribution < 1.29 is 13.2 Å². The SMILES string of the molecule is CC(N)C1CCCCN1C(=O)c1cc(S(=O)(=O)N2CCCCC2)cn1C. The zero-order valence-corrected chi connectivity index (χ0v) is 16.5. The van der Waals surface area contributed by atoms with E-state index in [9.17, 15) is 13.2 Å². The van der Waals surface area contributed by atoms with Crippen LogP contribution in [0.25, 0.3) is 0 Å². The molecule has 7 nitrogen and oxygen atoms in total. The summed E-state index contributed by atoms with van der Waals surface area (Å²) in [5.41, 5.74) is 6.49. The van der Waals surface area contributed by atoms with Gasteiger partial charge in [0.05, 0.1) is 0 Å². The summed E-state index contributed by atoms with van der Waals surface area (Å²) in [6.45, 7) is 3.71. The van der Waals surface area contributed by atoms with Gasteiger partial charge in [-0.3, -0.25) is 4.79 Å². The Balaban J connectivity index is 1.86. The quantitative estimate of drug-likeness (QED) is 0.855. The molecule has 1 aromatic rings. The number of nitrogens with zero attached hydrogens (tertiary/aromatic N) is 3. The van der Waals surface area contributed by atoms with E-state index in [1.807, 2.05) is 11.8 Å². The van der Waals surface area contributed by atoms with Gasteiger partial charge in [0.1, 0.15) is 10.6 Å². The highest BCUT2D eigenvalue weighted by Crippen LogP contribution is 2.25. The third-order valence-electron chi connectivity index (χ3n) is 5.57. The standard InChI is InChI=1S/C18H30N4O3S/c1-14(19)16-8-4-7-11-22(16)18(23)17-12-15(13-20(17)2)26(24,25)21-9-5-3-6-10-21/h12-14,16H,3-11,19H2,1-2H3. The maximum Gasteiger partial charge on any atom is 0.270 e. The van der Waals surface area contributed by atoms with E-state index in [0.717, 1.165) is 38.5 Å². The minimum Gasteiger partial charge on any atom is -0.345 e. The summed E-state index contributed by atoms with van der Waals surface area (Å²) in [6.07, 6.45) is 7.33. The molecule has 0 spiro atoms. The fourth-order valence-electron chi connectivity index (χ4n) is 4.05. The van der Waals surface area contributed by atoms with Crippen LogP contribution in [0.15, 0.2) is 17.2 Å². The van der Waals surface area contributed by atoms with Crippen molar-refractivity contribution in [3.05, 3.63) is 18.0 Å². The van der Waals surface area contributed by atoms with Crippen LogP contribution in [0.3, 0.4) is 0 Å². The van der Waals surface area contributed by atoms with Gasteiger partial charge in [-0.15, -0.1) is 0 Å². The van der Waals surface area contributed by atoms with E-state index < -0.39 is 10.0 Å². The smallest absolute Gasteiger partial charge is 0.270 e. The lowest BCUT2D eigenvalue weighted by molar-refractivity contribution is 0.0574. The number of aromatic nitrogens is 1. The maximum absolute atomic E-state index is 13.1. The minimum atomic E-state index is -3.54. The van der Waals surface area contributed by atoms with Crippen LogP contribution in [0, 0.1) is 0 Å². The summed E-state index contributed by atoms with van der Waals surface area (Å²) in [5, 5.41) is 0. The van der Waals surface area contributed by atoms with Gasteiger partial charge in [0, 0.05) is 45.0 Å². The third kappa shape index (κ3) is 3.68. The molecule has 2 N–H and O–H groups in total. The molecule has 2 aliphatic heterocycles. The Bertz CT molecular complexity index is 750. The molecule has 0 aromatic carbocycles. The molecule has 2 unspecified atom stereocenters. The van der Waals surface area contributed by atoms with Gasteiger partial charge in [0.2, 0.25) is 10.0 Å². The summed E-state index contributed by atoms with van der Waals surface area (Å²) in [4.78, 5) is 15.1. The van der Waals surface area contributed by atoms with Gasteiger partial charge in [0.25, 0.3) is 5.91 Å². The second kappa shape index (κ2) is 7.70. The van der Waals surface area contributed by atoms with Crippen LogP contribution in [-0.4, -0.2) is 59.8 Å². The summed E-state index contributed by atoms with van der Waals surface area (Å²) in [7, 11) is -1.81. The molecule has 0 bridgehead atoms. The number of aryl methyl sites for hydroxylation is 1. The van der Waals surface area contributed by atoms with Crippen molar-refractivity contribution in [3.8, 4) is 0 Å². The van der Waals surface area contributed by atoms with Gasteiger partial charge in [-0.05, 0) is 45.1 Å². The number of carbonyl (C=O) groups is 1. The molecule has 2 fully saturated rings. The largest absolute Gasteiger partial charge is 0.345 e. The summed E-state index contributed by atoms with van der Waals surface area (Å²) in [5.74, 6) is -0.130. The molecule has 2 saturated heterocycles. The average Bonchev–Trinajstić information content (AvgIpc) is 3.04. The molecular weight excluding hydrogens is 352 g/mol. The Morgan fingerprint density at radius 2 is 1.81 bits per heavy atom. The lowest BCUT2D eigenvalue weighted by atomic mass is 9.96. The molecule has 0 aliphatic carbocycles. The number of rotatable bonds is 4. The molecule has 1 aromatic heterocycles. The molecule has 2 aliphatic rings. The van der Waals surface area contributed by atoms with E-state index >= 15 is 0 Å². The lowest BCUT2D eigenvalue weighted by Crippen LogP contribution is -2.52. The van der Waals surface area contributed by atoms with Crippen molar-refractivity contribution in [1.82, 2.24) is 13.8 Å². The summed E-state index contributed by atoms with van der Waals surface area (Å²) >= 11 is 0. The number of likely N-dealkylation sites (tertiary alicyclic amines) is 1. The van der Waals surface area contributed by atoms with Crippen LogP contribution in [0.4, 0.5) is 0 Å². The zero-order valence-electron chi connectivity index (χ0n) is 15.7. The van der Waals surface area contributed by atoms with Gasteiger partial charge in [0.15, 0.2) is 0 Å². The molecule has 146 valence electrons. The van der Waals surface area contributed by atoms with Gasteiger partial charge in [-0.25, -0.2) is 8.42 Å². The number of amides is 1. The second-order valence-electron chi connectivity index (χ2n) is 7.56. The van der Waals surface area contributed by atoms with Crippen LogP contribution in [-0.2, 0) is 17.1 Å². The molecule has 3 heterocycles. The fraction of sp³-hybridized carbons (Fsp3) is 0.722. The minimum absolute atomic E-state index is 0.00769. The van der Waals surface area contributed by atoms with E-state index in [4.69, 9.17) is 5.73 Å². The van der Waals surface area contributed by atoms with Gasteiger partial charge in [-0.1, -0.05) is 6.42 Å². The molecule has 8 heteroatoms. The molecule has 2 atom stereocenters. The molecule has 26 heavy (non-hydrogen) atoms. The Hall–Kier alpha value is -1.38. The first kappa shape index (κ1) is 19.4. The normalized spacial score (nSPS) is 23.8. The zero-order chi connectivity index (χ0) is 18.9. The molecule has 3 rings (SSSR count). The predicted octanol–water partition coefficient (Wildman–Crippen LogP) is 1.54. The Labute approximate surface area is 156 Å². The van der Waals surface area contributed by atoms with E-state index in [1.54, 1.807) is 17.8 Å². The van der Waals surface area contributed by atoms with Crippen molar-refractivity contribution in [2.45, 2.75) is 62.4 Å². The van der Waals surface area contributed by atoms with Crippen LogP contribution >= 0.6 is 0 Å². The fourth-order valence-corrected chi connectivity index (χ4v) is 5.63. The Morgan fingerprint density at radius 3 is 2.46 bits per heavy atom. The van der Waals surface area contributed by atoms with Crippen molar-refractivity contribution in [1.29, 1.82) is 0 Å². The first-order chi connectivity index (χ1) is 12.3. The van der Waals surface area contributed by atoms with Crippen LogP contribution in [0.5, 0.6) is 0 Å². The lowest BCUT2D eigenvalue weighted by Gasteiger charge is -2.38. The molecule has 1 amide bonds. The number of nitrogens with two attached hydrogens (primary N) is 1. The molecular formula is C18H30N4O3S. The van der Waals surface area contributed by atoms with E-state index in [1.165, 1.54) is 10.4 Å². The third-order valence-corrected chi connectivity index (χ3v) is 7.43. The summed E-state index contributed by atoms with van der Waals surface area (Å²) in [6, 6.07) is 1.43. The maximum atomic E-state index is 13.1. The van der Waals surface area contributed by atoms with Gasteiger partial charge < -0.3 is 15.2 Å². The average molecular weight is 383 g/mol. The van der Waals surface area contributed by atoms with Crippen molar-refractivity contribution in [2.24, 2.45) is 12.8 Å². The molecule has 0 saturated carbocycles. The van der Waals surface area contributed by atoms with Crippen LogP contribution in [0.2, 0.25) is 0 Å².